The van der Waals surface area contributed by atoms with Crippen LogP contribution in [0, 0.1) is 29.1 Å². The molecule has 0 bridgehead atoms. The normalized spacial score (nSPS) is 29.7. The van der Waals surface area contributed by atoms with Gasteiger partial charge in [-0.2, -0.15) is 0 Å². The van der Waals surface area contributed by atoms with Crippen LogP contribution in [0.1, 0.15) is 124 Å². The molecule has 6 atom stereocenters. The number of hydrogen-bond donors (Lipinski definition) is 0. The minimum atomic E-state index is -1.94. The molecule has 1 aromatic rings. The van der Waals surface area contributed by atoms with E-state index in [1.54, 1.807) is 11.1 Å². The van der Waals surface area contributed by atoms with E-state index in [0.717, 1.165) is 42.3 Å². The number of rotatable bonds is 10. The molecule has 214 valence electrons. The number of methoxy groups -OCH3 is 1. The second-order valence-corrected chi connectivity index (χ2v) is 19.7. The Balaban J connectivity index is 1.48. The van der Waals surface area contributed by atoms with Gasteiger partial charge < -0.3 is 9.16 Å². The van der Waals surface area contributed by atoms with Crippen molar-refractivity contribution < 1.29 is 14.0 Å². The summed E-state index contributed by atoms with van der Waals surface area (Å²) in [4.78, 5) is 11.6. The summed E-state index contributed by atoms with van der Waals surface area (Å²) >= 11 is 0. The van der Waals surface area contributed by atoms with E-state index in [2.05, 4.69) is 73.6 Å². The van der Waals surface area contributed by atoms with Gasteiger partial charge in [0.25, 0.3) is 8.32 Å². The third-order valence-corrected chi connectivity index (χ3v) is 17.7. The molecule has 3 aliphatic carbocycles. The quantitative estimate of drug-likeness (QED) is 0.219. The van der Waals surface area contributed by atoms with Gasteiger partial charge in [-0.3, -0.25) is 4.79 Å². The number of hydrogen-bond acceptors (Lipinski definition) is 3. The molecule has 4 rings (SSSR count). The summed E-state index contributed by atoms with van der Waals surface area (Å²) in [6.07, 6.45) is 10.7. The highest BCUT2D eigenvalue weighted by atomic mass is 28.4. The summed E-state index contributed by atoms with van der Waals surface area (Å²) < 4.78 is 11.9. The molecule has 0 aromatic heterocycles. The maximum Gasteiger partial charge on any atom is 0.305 e. The monoisotopic (exact) mass is 540 g/mol. The van der Waals surface area contributed by atoms with Crippen molar-refractivity contribution >= 4 is 14.3 Å². The molecular weight excluding hydrogens is 484 g/mol. The molecule has 0 unspecified atom stereocenters. The molecule has 0 saturated heterocycles. The Bertz CT molecular complexity index is 947. The van der Waals surface area contributed by atoms with Crippen LogP contribution in [0.3, 0.4) is 0 Å². The topological polar surface area (TPSA) is 35.5 Å². The molecule has 0 aliphatic heterocycles. The van der Waals surface area contributed by atoms with Crippen molar-refractivity contribution in [3.05, 3.63) is 29.3 Å². The van der Waals surface area contributed by atoms with Crippen molar-refractivity contribution in [3.8, 4) is 5.75 Å². The van der Waals surface area contributed by atoms with Gasteiger partial charge in [-0.1, -0.05) is 61.5 Å². The average Bonchev–Trinajstić information content (AvgIpc) is 3.23. The minimum Gasteiger partial charge on any atom is -0.543 e. The van der Waals surface area contributed by atoms with Crippen molar-refractivity contribution in [1.82, 2.24) is 0 Å². The summed E-state index contributed by atoms with van der Waals surface area (Å²) in [6, 6.07) is 7.23. The highest BCUT2D eigenvalue weighted by molar-refractivity contribution is 6.78. The first kappa shape index (κ1) is 29.7. The van der Waals surface area contributed by atoms with Gasteiger partial charge in [-0.05, 0) is 126 Å². The zero-order chi connectivity index (χ0) is 27.8. The Labute approximate surface area is 235 Å². The molecule has 1 aromatic carbocycles. The zero-order valence-corrected chi connectivity index (χ0v) is 26.9. The van der Waals surface area contributed by atoms with E-state index in [1.165, 1.54) is 45.6 Å². The SMILES string of the molecule is COC(=O)CCC[C@@H](C)[C@H]1CC[C@H]2[C@@H]3CCc4cc(O[Si](C(C)C)(C(C)C)C(C)C)ccc4[C@H]3CC[C@]12C. The van der Waals surface area contributed by atoms with Crippen LogP contribution in [-0.4, -0.2) is 21.4 Å². The fourth-order valence-corrected chi connectivity index (χ4v) is 15.3. The molecule has 0 amide bonds. The first-order chi connectivity index (χ1) is 18.0. The summed E-state index contributed by atoms with van der Waals surface area (Å²) in [6.45, 7) is 19.3. The van der Waals surface area contributed by atoms with Crippen molar-refractivity contribution in [2.24, 2.45) is 29.1 Å². The highest BCUT2D eigenvalue weighted by Crippen LogP contribution is 2.64. The van der Waals surface area contributed by atoms with Crippen LogP contribution in [0.4, 0.5) is 0 Å². The van der Waals surface area contributed by atoms with Gasteiger partial charge in [0, 0.05) is 6.42 Å². The molecule has 38 heavy (non-hydrogen) atoms. The Kier molecular flexibility index (Phi) is 9.12. The van der Waals surface area contributed by atoms with E-state index < -0.39 is 8.32 Å². The second kappa shape index (κ2) is 11.7. The number of esters is 1. The number of ether oxygens (including phenoxy) is 1. The zero-order valence-electron chi connectivity index (χ0n) is 25.9. The molecule has 3 aliphatic rings. The number of fused-ring (bicyclic) bond motifs is 5. The first-order valence-corrected chi connectivity index (χ1v) is 18.0. The van der Waals surface area contributed by atoms with Gasteiger partial charge in [-0.25, -0.2) is 0 Å². The fourth-order valence-electron chi connectivity index (χ4n) is 10.0. The highest BCUT2D eigenvalue weighted by Gasteiger charge is 2.55. The Morgan fingerprint density at radius 2 is 1.68 bits per heavy atom. The third kappa shape index (κ3) is 5.25. The van der Waals surface area contributed by atoms with Crippen LogP contribution in [-0.2, 0) is 16.0 Å². The predicted molar refractivity (Wildman–Crippen MR) is 161 cm³/mol. The first-order valence-electron chi connectivity index (χ1n) is 15.8. The summed E-state index contributed by atoms with van der Waals surface area (Å²) in [5, 5.41) is 0. The Morgan fingerprint density at radius 3 is 2.32 bits per heavy atom. The Hall–Kier alpha value is -1.29. The van der Waals surface area contributed by atoms with Crippen LogP contribution in [0.2, 0.25) is 16.6 Å². The largest absolute Gasteiger partial charge is 0.543 e. The van der Waals surface area contributed by atoms with E-state index in [1.807, 2.05) is 0 Å². The van der Waals surface area contributed by atoms with E-state index >= 15 is 0 Å². The molecular formula is C34H56O3Si. The van der Waals surface area contributed by atoms with Gasteiger partial charge in [0.15, 0.2) is 0 Å². The summed E-state index contributed by atoms with van der Waals surface area (Å²) in [5.74, 6) is 4.96. The standard InChI is InChI=1S/C34H56O3Si/c1-22(2)38(23(3)4,24(5)6)37-27-14-16-28-26(21-27)13-15-30-29(28)19-20-34(8)31(17-18-32(30)34)25(7)11-10-12-33(35)36-9/h14,16,21-25,29-32H,10-13,15,17-20H2,1-9H3/t25-,29-,30-,31-,32+,34-/m1/s1. The minimum absolute atomic E-state index is 0.0618. The molecule has 0 radical (unpaired) electrons. The van der Waals surface area contributed by atoms with Crippen LogP contribution in [0.15, 0.2) is 18.2 Å². The number of benzene rings is 1. The maximum atomic E-state index is 11.6. The van der Waals surface area contributed by atoms with Crippen molar-refractivity contribution in [3.63, 3.8) is 0 Å². The van der Waals surface area contributed by atoms with E-state index in [4.69, 9.17) is 9.16 Å². The van der Waals surface area contributed by atoms with Crippen molar-refractivity contribution in [2.45, 2.75) is 136 Å². The van der Waals surface area contributed by atoms with Gasteiger partial charge in [-0.15, -0.1) is 0 Å². The van der Waals surface area contributed by atoms with Crippen LogP contribution < -0.4 is 4.43 Å². The molecule has 2 fully saturated rings. The van der Waals surface area contributed by atoms with Crippen LogP contribution >= 0.6 is 0 Å². The third-order valence-electron chi connectivity index (χ3n) is 11.7. The predicted octanol–water partition coefficient (Wildman–Crippen LogP) is 9.69. The lowest BCUT2D eigenvalue weighted by atomic mass is 9.53. The van der Waals surface area contributed by atoms with Crippen LogP contribution in [0.5, 0.6) is 5.75 Å². The van der Waals surface area contributed by atoms with Crippen molar-refractivity contribution in [2.75, 3.05) is 7.11 Å². The molecule has 3 nitrogen and oxygen atoms in total. The van der Waals surface area contributed by atoms with Gasteiger partial charge in [0.05, 0.1) is 7.11 Å². The van der Waals surface area contributed by atoms with Gasteiger partial charge in [0.2, 0.25) is 0 Å². The van der Waals surface area contributed by atoms with E-state index in [0.29, 0.717) is 34.4 Å². The average molecular weight is 541 g/mol. The van der Waals surface area contributed by atoms with Crippen LogP contribution in [0.25, 0.3) is 0 Å². The lowest BCUT2D eigenvalue weighted by molar-refractivity contribution is -0.140. The number of carbonyl (C=O) groups excluding carboxylic acids is 1. The molecule has 0 spiro atoms. The molecule has 4 heteroatoms. The Morgan fingerprint density at radius 1 is 1.00 bits per heavy atom. The van der Waals surface area contributed by atoms with E-state index in [9.17, 15) is 4.79 Å². The fraction of sp³-hybridized carbons (Fsp3) is 0.794. The summed E-state index contributed by atoms with van der Waals surface area (Å²) in [5.41, 5.74) is 5.45. The maximum absolute atomic E-state index is 11.6. The van der Waals surface area contributed by atoms with Gasteiger partial charge >= 0.3 is 5.97 Å². The smallest absolute Gasteiger partial charge is 0.305 e. The summed E-state index contributed by atoms with van der Waals surface area (Å²) in [7, 11) is -0.438. The molecule has 2 saturated carbocycles. The second-order valence-electron chi connectivity index (χ2n) is 14.4. The van der Waals surface area contributed by atoms with Gasteiger partial charge in [0.1, 0.15) is 5.75 Å². The number of aryl methyl sites for hydroxylation is 1. The van der Waals surface area contributed by atoms with E-state index in [-0.39, 0.29) is 5.97 Å². The lowest BCUT2D eigenvalue weighted by Crippen LogP contribution is -2.50. The van der Waals surface area contributed by atoms with Crippen molar-refractivity contribution in [1.29, 1.82) is 0 Å². The number of carbonyl (C=O) groups is 1. The molecule has 0 heterocycles. The molecule has 0 N–H and O–H groups in total. The lowest BCUT2D eigenvalue weighted by Gasteiger charge is -2.52.